The minimum absolute atomic E-state index is 0.0514. The predicted octanol–water partition coefficient (Wildman–Crippen LogP) is 7.05. The maximum Gasteiger partial charge on any atom is 0.432 e. The molecule has 1 N–H and O–H groups in total. The zero-order chi connectivity index (χ0) is 23.4. The highest BCUT2D eigenvalue weighted by molar-refractivity contribution is 8.17. The molecule has 2 atom stereocenters. The lowest BCUT2D eigenvalue weighted by molar-refractivity contribution is -0.151. The van der Waals surface area contributed by atoms with Crippen molar-refractivity contribution in [1.29, 1.82) is 0 Å². The van der Waals surface area contributed by atoms with Crippen LogP contribution in [0.5, 0.6) is 0 Å². The van der Waals surface area contributed by atoms with E-state index in [-0.39, 0.29) is 25.9 Å². The molecule has 0 radical (unpaired) electrons. The Hall–Kier alpha value is -0.680. The van der Waals surface area contributed by atoms with Gasteiger partial charge in [0.1, 0.15) is 4.87 Å². The molecular weight excluding hydrogens is 511 g/mol. The second-order valence-electron chi connectivity index (χ2n) is 7.44. The smallest absolute Gasteiger partial charge is 0.333 e. The van der Waals surface area contributed by atoms with Crippen LogP contribution in [0.25, 0.3) is 0 Å². The molecular formula is C18H18Cl3F6N3S. The Morgan fingerprint density at radius 1 is 1.13 bits per heavy atom. The number of anilines is 1. The van der Waals surface area contributed by atoms with Crippen molar-refractivity contribution in [1.82, 2.24) is 4.90 Å². The summed E-state index contributed by atoms with van der Waals surface area (Å²) in [7, 11) is -0.321. The first-order valence-electron chi connectivity index (χ1n) is 9.07. The number of aliphatic imine (C=N–C) groups is 1. The average Bonchev–Trinajstić information content (AvgIpc) is 2.82. The second kappa shape index (κ2) is 8.59. The Labute approximate surface area is 192 Å². The second-order valence-corrected chi connectivity index (χ2v) is 10.7. The van der Waals surface area contributed by atoms with Crippen molar-refractivity contribution in [3.05, 3.63) is 27.2 Å². The number of hydrogen-bond acceptors (Lipinski definition) is 3. The van der Waals surface area contributed by atoms with Crippen molar-refractivity contribution in [3.8, 4) is 0 Å². The van der Waals surface area contributed by atoms with Gasteiger partial charge < -0.3 is 5.32 Å². The van der Waals surface area contributed by atoms with E-state index in [2.05, 4.69) is 10.3 Å². The van der Waals surface area contributed by atoms with Crippen molar-refractivity contribution in [3.63, 3.8) is 0 Å². The summed E-state index contributed by atoms with van der Waals surface area (Å²) in [5, 5.41) is 2.94. The van der Waals surface area contributed by atoms with Gasteiger partial charge in [-0.25, -0.2) is 4.99 Å². The fraction of sp³-hybridized carbons (Fsp3) is 0.556. The third kappa shape index (κ3) is 4.69. The monoisotopic (exact) mass is 527 g/mol. The van der Waals surface area contributed by atoms with Gasteiger partial charge >= 0.3 is 12.4 Å². The summed E-state index contributed by atoms with van der Waals surface area (Å²) in [4.78, 5) is 2.61. The average molecular weight is 529 g/mol. The zero-order valence-electron chi connectivity index (χ0n) is 16.3. The summed E-state index contributed by atoms with van der Waals surface area (Å²) < 4.78 is 82.0. The van der Waals surface area contributed by atoms with Crippen LogP contribution in [-0.2, 0) is 0 Å². The third-order valence-electron chi connectivity index (χ3n) is 5.46. The molecule has 3 rings (SSSR count). The molecule has 31 heavy (non-hydrogen) atoms. The van der Waals surface area contributed by atoms with Crippen molar-refractivity contribution in [2.75, 3.05) is 25.2 Å². The fourth-order valence-electron chi connectivity index (χ4n) is 4.04. The largest absolute Gasteiger partial charge is 0.432 e. The Bertz CT molecular complexity index is 919. The molecule has 1 aliphatic carbocycles. The molecule has 3 nitrogen and oxygen atoms in total. The summed E-state index contributed by atoms with van der Waals surface area (Å²) in [6.45, 7) is -1.49. The number of halogens is 9. The molecule has 1 aliphatic heterocycles. The first-order valence-corrected chi connectivity index (χ1v) is 11.8. The van der Waals surface area contributed by atoms with E-state index in [1.165, 1.54) is 18.4 Å². The van der Waals surface area contributed by atoms with Gasteiger partial charge in [0.2, 0.25) is 0 Å². The van der Waals surface area contributed by atoms with E-state index in [0.29, 0.717) is 19.3 Å². The molecule has 1 fully saturated rings. The lowest BCUT2D eigenvalue weighted by atomic mass is 9.76. The van der Waals surface area contributed by atoms with Gasteiger partial charge in [-0.3, -0.25) is 4.90 Å². The van der Waals surface area contributed by atoms with Gasteiger partial charge in [0.25, 0.3) is 0 Å². The van der Waals surface area contributed by atoms with Crippen LogP contribution in [-0.4, -0.2) is 52.8 Å². The number of hydrogen-bond donors (Lipinski definition) is 1. The van der Waals surface area contributed by atoms with Crippen molar-refractivity contribution in [2.24, 2.45) is 10.9 Å². The van der Waals surface area contributed by atoms with Crippen LogP contribution in [0, 0.1) is 5.92 Å². The highest BCUT2D eigenvalue weighted by atomic mass is 35.5. The van der Waals surface area contributed by atoms with E-state index in [9.17, 15) is 26.3 Å². The molecule has 0 saturated heterocycles. The molecule has 1 aromatic carbocycles. The summed E-state index contributed by atoms with van der Waals surface area (Å²) in [6.07, 6.45) is -6.73. The quantitative estimate of drug-likeness (QED) is 0.335. The van der Waals surface area contributed by atoms with E-state index in [0.717, 1.165) is 11.9 Å². The van der Waals surface area contributed by atoms with E-state index in [1.807, 2.05) is 0 Å². The van der Waals surface area contributed by atoms with Gasteiger partial charge in [-0.2, -0.15) is 26.3 Å². The van der Waals surface area contributed by atoms with Gasteiger partial charge in [0.05, 0.1) is 22.3 Å². The normalized spacial score (nSPS) is 25.1. The van der Waals surface area contributed by atoms with E-state index in [4.69, 9.17) is 34.8 Å². The third-order valence-corrected chi connectivity index (χ3v) is 8.82. The van der Waals surface area contributed by atoms with E-state index < -0.39 is 45.9 Å². The van der Waals surface area contributed by atoms with E-state index in [1.54, 1.807) is 0 Å². The summed E-state index contributed by atoms with van der Waals surface area (Å²) in [6, 6.07) is 2.70. The standard InChI is InChI=1S/C18H18Cl3F6N3S/c1-30(8-16(22,23)24)17(9-4-3-5-9)14(18(25,26)27)29-15(31(17)2)28-13-11(20)6-10(19)7-12(13)21/h6-7,9,28H,3-5,8H2,1-2H3. The van der Waals surface area contributed by atoms with Crippen LogP contribution in [0.15, 0.2) is 17.1 Å². The highest BCUT2D eigenvalue weighted by Crippen LogP contribution is 2.55. The van der Waals surface area contributed by atoms with E-state index >= 15 is 0 Å². The zero-order valence-corrected chi connectivity index (χ0v) is 19.3. The van der Waals surface area contributed by atoms with Crippen molar-refractivity contribution < 1.29 is 26.3 Å². The first kappa shape index (κ1) is 25.0. The van der Waals surface area contributed by atoms with Gasteiger partial charge in [-0.15, -0.1) is 10.5 Å². The Morgan fingerprint density at radius 2 is 1.68 bits per heavy atom. The first-order chi connectivity index (χ1) is 14.2. The lowest BCUT2D eigenvalue weighted by Crippen LogP contribution is -2.62. The number of rotatable bonds is 4. The molecule has 13 heteroatoms. The highest BCUT2D eigenvalue weighted by Gasteiger charge is 2.62. The van der Waals surface area contributed by atoms with Gasteiger partial charge in [-0.1, -0.05) is 41.2 Å². The minimum atomic E-state index is -4.92. The van der Waals surface area contributed by atoms with Crippen molar-refractivity contribution >= 4 is 61.8 Å². The number of nitrogens with one attached hydrogen (secondary N) is 1. The molecule has 1 saturated carbocycles. The molecule has 2 unspecified atom stereocenters. The van der Waals surface area contributed by atoms with Gasteiger partial charge in [-0.05, 0) is 44.2 Å². The van der Waals surface area contributed by atoms with Crippen molar-refractivity contribution in [2.45, 2.75) is 36.5 Å². The molecule has 1 aromatic rings. The van der Waals surface area contributed by atoms with Gasteiger partial charge in [0, 0.05) is 5.02 Å². The summed E-state index contributed by atoms with van der Waals surface area (Å²) in [5.74, 6) is -0.621. The minimum Gasteiger partial charge on any atom is -0.333 e. The summed E-state index contributed by atoms with van der Waals surface area (Å²) >= 11 is 18.2. The molecule has 0 aromatic heterocycles. The number of nitrogens with zero attached hydrogens (tertiary/aromatic N) is 2. The van der Waals surface area contributed by atoms with Gasteiger partial charge in [0.15, 0.2) is 10.8 Å². The lowest BCUT2D eigenvalue weighted by Gasteiger charge is -2.50. The fourth-order valence-corrected chi connectivity index (χ4v) is 7.45. The van der Waals surface area contributed by atoms with Crippen LogP contribution in [0.1, 0.15) is 19.3 Å². The molecule has 2 aliphatic rings. The molecule has 0 bridgehead atoms. The molecule has 174 valence electrons. The Balaban J connectivity index is 2.17. The SMILES string of the molecule is CN(CC(F)(F)F)C1(C2CCC2)C(C(F)(F)F)=NC(Nc2c(Cl)cc(Cl)cc2Cl)=S1C. The van der Waals surface area contributed by atoms with Crippen LogP contribution >= 0.6 is 45.3 Å². The van der Waals surface area contributed by atoms with Crippen LogP contribution < -0.4 is 5.32 Å². The number of benzene rings is 1. The predicted molar refractivity (Wildman–Crippen MR) is 116 cm³/mol. The van der Waals surface area contributed by atoms with Crippen LogP contribution in [0.4, 0.5) is 32.0 Å². The van der Waals surface area contributed by atoms with Crippen LogP contribution in [0.2, 0.25) is 15.1 Å². The molecule has 0 amide bonds. The van der Waals surface area contributed by atoms with Crippen LogP contribution in [0.3, 0.4) is 0 Å². The summed E-state index contributed by atoms with van der Waals surface area (Å²) in [5.41, 5.74) is -1.14. The Morgan fingerprint density at radius 3 is 2.10 bits per heavy atom. The molecule has 1 heterocycles. The Kier molecular flexibility index (Phi) is 6.91. The topological polar surface area (TPSA) is 27.6 Å². The number of alkyl halides is 6. The molecule has 0 spiro atoms. The maximum atomic E-state index is 14.1. The maximum absolute atomic E-state index is 14.1.